The maximum Gasteiger partial charge on any atom is 0.418 e. The zero-order chi connectivity index (χ0) is 26.6. The van der Waals surface area contributed by atoms with Gasteiger partial charge in [-0.1, -0.05) is 26.8 Å². The molecule has 13 heteroatoms. The van der Waals surface area contributed by atoms with Gasteiger partial charge in [0.25, 0.3) is 5.91 Å². The predicted octanol–water partition coefficient (Wildman–Crippen LogP) is 3.46. The van der Waals surface area contributed by atoms with E-state index in [0.29, 0.717) is 6.07 Å². The van der Waals surface area contributed by atoms with E-state index in [1.807, 2.05) is 0 Å². The molecule has 192 valence electrons. The number of nitrogen functional groups attached to an aromatic ring is 1. The number of amides is 2. The maximum absolute atomic E-state index is 15.5. The Hall–Kier alpha value is -3.77. The van der Waals surface area contributed by atoms with Gasteiger partial charge >= 0.3 is 6.18 Å². The highest BCUT2D eigenvalue weighted by Crippen LogP contribution is 2.39. The lowest BCUT2D eigenvalue weighted by atomic mass is 9.95. The minimum Gasteiger partial charge on any atom is -0.382 e. The van der Waals surface area contributed by atoms with Gasteiger partial charge in [0, 0.05) is 17.5 Å². The van der Waals surface area contributed by atoms with Gasteiger partial charge in [-0.05, 0) is 18.2 Å². The summed E-state index contributed by atoms with van der Waals surface area (Å²) in [6.45, 7) is 4.73. The molecule has 0 radical (unpaired) electrons. The normalized spacial score (nSPS) is 18.6. The quantitative estimate of drug-likeness (QED) is 0.525. The van der Waals surface area contributed by atoms with Crippen LogP contribution in [0.4, 0.5) is 27.8 Å². The molecule has 2 amide bonds. The number of benzene rings is 1. The molecule has 0 aliphatic carbocycles. The van der Waals surface area contributed by atoms with Crippen LogP contribution in [0.25, 0.3) is 16.8 Å². The molecule has 3 heterocycles. The van der Waals surface area contributed by atoms with Crippen LogP contribution in [-0.2, 0) is 11.0 Å². The third kappa shape index (κ3) is 4.44. The Kier molecular flexibility index (Phi) is 6.13. The first-order chi connectivity index (χ1) is 16.7. The number of fused-ring (bicyclic) bond motifs is 1. The molecule has 1 fully saturated rings. The fourth-order valence-corrected chi connectivity index (χ4v) is 4.17. The number of rotatable bonds is 3. The predicted molar refractivity (Wildman–Crippen MR) is 120 cm³/mol. The van der Waals surface area contributed by atoms with Crippen LogP contribution in [0.15, 0.2) is 30.6 Å². The minimum atomic E-state index is -4.83. The zero-order valence-corrected chi connectivity index (χ0v) is 19.5. The lowest BCUT2D eigenvalue weighted by Gasteiger charge is -2.25. The van der Waals surface area contributed by atoms with Crippen LogP contribution < -0.4 is 11.1 Å². The highest BCUT2D eigenvalue weighted by molar-refractivity contribution is 5.96. The molecule has 0 bridgehead atoms. The van der Waals surface area contributed by atoms with Crippen molar-refractivity contribution in [3.05, 3.63) is 47.5 Å². The fourth-order valence-electron chi connectivity index (χ4n) is 4.17. The molecule has 4 rings (SSSR count). The maximum atomic E-state index is 15.5. The largest absolute Gasteiger partial charge is 0.418 e. The topological polar surface area (TPSA) is 106 Å². The first-order valence-corrected chi connectivity index (χ1v) is 10.9. The van der Waals surface area contributed by atoms with Crippen LogP contribution in [0.1, 0.15) is 36.7 Å². The van der Waals surface area contributed by atoms with E-state index in [0.717, 1.165) is 16.9 Å². The van der Waals surface area contributed by atoms with Crippen molar-refractivity contribution in [3.8, 4) is 11.3 Å². The Morgan fingerprint density at radius 1 is 1.17 bits per heavy atom. The molecule has 1 saturated heterocycles. The molecule has 2 aromatic heterocycles. The number of carbonyl (C=O) groups is 2. The number of anilines is 1. The Morgan fingerprint density at radius 2 is 1.86 bits per heavy atom. The summed E-state index contributed by atoms with van der Waals surface area (Å²) in [7, 11) is 0. The molecular weight excluding hydrogens is 487 g/mol. The van der Waals surface area contributed by atoms with Crippen molar-refractivity contribution >= 4 is 23.1 Å². The number of nitrogens with one attached hydrogen (secondary N) is 1. The number of hydrogen-bond donors (Lipinski definition) is 2. The smallest absolute Gasteiger partial charge is 0.382 e. The number of halogens is 5. The Morgan fingerprint density at radius 3 is 2.50 bits per heavy atom. The van der Waals surface area contributed by atoms with E-state index in [4.69, 9.17) is 5.73 Å². The first-order valence-electron chi connectivity index (χ1n) is 10.9. The molecule has 8 nitrogen and oxygen atoms in total. The van der Waals surface area contributed by atoms with E-state index >= 15 is 4.39 Å². The molecule has 0 saturated carbocycles. The summed E-state index contributed by atoms with van der Waals surface area (Å²) < 4.78 is 71.7. The number of aromatic nitrogens is 3. The number of hydrogen-bond acceptors (Lipinski definition) is 5. The van der Waals surface area contributed by atoms with Crippen molar-refractivity contribution < 1.29 is 31.5 Å². The molecule has 0 spiro atoms. The molecule has 3 N–H and O–H groups in total. The van der Waals surface area contributed by atoms with Crippen molar-refractivity contribution in [2.75, 3.05) is 18.8 Å². The van der Waals surface area contributed by atoms with Gasteiger partial charge < -0.3 is 16.0 Å². The molecule has 1 aliphatic heterocycles. The van der Waals surface area contributed by atoms with Gasteiger partial charge in [0.1, 0.15) is 23.8 Å². The van der Waals surface area contributed by atoms with Gasteiger partial charge in [-0.2, -0.15) is 18.3 Å². The number of nitrogens with zero attached hydrogens (tertiary/aromatic N) is 4. The van der Waals surface area contributed by atoms with Gasteiger partial charge in [-0.15, -0.1) is 0 Å². The van der Waals surface area contributed by atoms with Crippen molar-refractivity contribution in [2.24, 2.45) is 5.41 Å². The van der Waals surface area contributed by atoms with Crippen LogP contribution in [0.2, 0.25) is 0 Å². The second-order valence-electron chi connectivity index (χ2n) is 9.57. The van der Waals surface area contributed by atoms with Gasteiger partial charge in [0.15, 0.2) is 5.82 Å². The molecule has 1 aliphatic rings. The van der Waals surface area contributed by atoms with Crippen molar-refractivity contribution in [2.45, 2.75) is 39.2 Å². The van der Waals surface area contributed by atoms with Gasteiger partial charge in [0.05, 0.1) is 29.4 Å². The third-order valence-electron chi connectivity index (χ3n) is 5.90. The SMILES string of the molecule is CC(C)(C)C(=O)N1C[C@H](F)[C@H](NC(=O)c2cccc(-c3cc(C(F)(F)F)c4c(N)ncnn34)c2F)C1. The standard InChI is InChI=1S/C23H23F5N6O2/c1-22(2,3)21(36)33-8-14(24)15(9-33)32-20(35)12-6-4-5-11(17(12)25)16-7-13(23(26,27)28)18-19(29)30-10-31-34(16)18/h4-7,10,14-15H,8-9H2,1-3H3,(H,32,35)(H2,29,30,31)/t14-,15+/m0/s1. The zero-order valence-electron chi connectivity index (χ0n) is 19.5. The van der Waals surface area contributed by atoms with Crippen LogP contribution in [0, 0.1) is 11.2 Å². The fraction of sp³-hybridized carbons (Fsp3) is 0.391. The summed E-state index contributed by atoms with van der Waals surface area (Å²) in [6.07, 6.45) is -5.48. The molecular formula is C23H23F5N6O2. The third-order valence-corrected chi connectivity index (χ3v) is 5.90. The lowest BCUT2D eigenvalue weighted by molar-refractivity contribution is -0.138. The van der Waals surface area contributed by atoms with Crippen LogP contribution >= 0.6 is 0 Å². The second-order valence-corrected chi connectivity index (χ2v) is 9.57. The lowest BCUT2D eigenvalue weighted by Crippen LogP contribution is -2.43. The summed E-state index contributed by atoms with van der Waals surface area (Å²) in [6, 6.07) is 3.18. The Bertz CT molecular complexity index is 1350. The number of nitrogens with two attached hydrogens (primary N) is 1. The second kappa shape index (κ2) is 8.71. The van der Waals surface area contributed by atoms with E-state index < -0.39 is 58.0 Å². The monoisotopic (exact) mass is 510 g/mol. The van der Waals surface area contributed by atoms with E-state index in [2.05, 4.69) is 15.4 Å². The van der Waals surface area contributed by atoms with Gasteiger partial charge in [-0.3, -0.25) is 9.59 Å². The first kappa shape index (κ1) is 25.3. The number of alkyl halides is 4. The molecule has 1 aromatic carbocycles. The minimum absolute atomic E-state index is 0.0984. The Balaban J connectivity index is 1.67. The van der Waals surface area contributed by atoms with E-state index in [9.17, 15) is 27.2 Å². The summed E-state index contributed by atoms with van der Waals surface area (Å²) in [5.41, 5.74) is 2.01. The average molecular weight is 510 g/mol. The highest BCUT2D eigenvalue weighted by atomic mass is 19.4. The molecule has 3 aromatic rings. The van der Waals surface area contributed by atoms with Crippen LogP contribution in [-0.4, -0.2) is 56.6 Å². The van der Waals surface area contributed by atoms with Crippen molar-refractivity contribution in [1.29, 1.82) is 0 Å². The summed E-state index contributed by atoms with van der Waals surface area (Å²) in [5, 5.41) is 6.17. The number of likely N-dealkylation sites (tertiary alicyclic amines) is 1. The summed E-state index contributed by atoms with van der Waals surface area (Å²) in [5.74, 6) is -2.85. The Labute approximate surface area is 202 Å². The summed E-state index contributed by atoms with van der Waals surface area (Å²) >= 11 is 0. The van der Waals surface area contributed by atoms with Crippen molar-refractivity contribution in [1.82, 2.24) is 24.8 Å². The number of carbonyl (C=O) groups excluding carboxylic acids is 2. The molecule has 0 unspecified atom stereocenters. The average Bonchev–Trinajstić information content (AvgIpc) is 3.34. The van der Waals surface area contributed by atoms with Gasteiger partial charge in [-0.25, -0.2) is 18.3 Å². The van der Waals surface area contributed by atoms with Crippen LogP contribution in [0.3, 0.4) is 0 Å². The van der Waals surface area contributed by atoms with E-state index in [-0.39, 0.29) is 30.3 Å². The summed E-state index contributed by atoms with van der Waals surface area (Å²) in [4.78, 5) is 30.2. The van der Waals surface area contributed by atoms with Crippen LogP contribution in [0.5, 0.6) is 0 Å². The molecule has 2 atom stereocenters. The van der Waals surface area contributed by atoms with Crippen molar-refractivity contribution in [3.63, 3.8) is 0 Å². The van der Waals surface area contributed by atoms with Gasteiger partial charge in [0.2, 0.25) is 5.91 Å². The van der Waals surface area contributed by atoms with E-state index in [1.54, 1.807) is 20.8 Å². The molecule has 36 heavy (non-hydrogen) atoms. The highest BCUT2D eigenvalue weighted by Gasteiger charge is 2.40. The van der Waals surface area contributed by atoms with E-state index in [1.165, 1.54) is 17.0 Å².